The van der Waals surface area contributed by atoms with Crippen molar-refractivity contribution in [3.05, 3.63) is 66.7 Å². The minimum Gasteiger partial charge on any atom is -0.495 e. The van der Waals surface area contributed by atoms with Crippen molar-refractivity contribution in [3.63, 3.8) is 0 Å². The molecule has 1 aliphatic heterocycles. The van der Waals surface area contributed by atoms with Gasteiger partial charge in [-0.1, -0.05) is 12.1 Å². The van der Waals surface area contributed by atoms with Gasteiger partial charge in [-0.15, -0.1) is 0 Å². The lowest BCUT2D eigenvalue weighted by Crippen LogP contribution is -2.36. The number of nitrogens with one attached hydrogen (secondary N) is 2. The van der Waals surface area contributed by atoms with E-state index in [1.54, 1.807) is 30.3 Å². The van der Waals surface area contributed by atoms with Crippen molar-refractivity contribution in [1.82, 2.24) is 9.97 Å². The van der Waals surface area contributed by atoms with Crippen LogP contribution in [0.15, 0.2) is 66.0 Å². The van der Waals surface area contributed by atoms with Gasteiger partial charge in [0.2, 0.25) is 0 Å². The van der Waals surface area contributed by atoms with Crippen molar-refractivity contribution in [2.24, 2.45) is 0 Å². The van der Waals surface area contributed by atoms with Crippen LogP contribution in [0.3, 0.4) is 0 Å². The fraction of sp³-hybridized carbons (Fsp3) is 0.227. The molecule has 2 N–H and O–H groups in total. The Labute approximate surface area is 191 Å². The van der Waals surface area contributed by atoms with E-state index >= 15 is 0 Å². The van der Waals surface area contributed by atoms with Gasteiger partial charge in [-0.2, -0.15) is 0 Å². The van der Waals surface area contributed by atoms with Crippen LogP contribution in [-0.2, 0) is 14.8 Å². The molecule has 0 radical (unpaired) electrons. The first-order valence-corrected chi connectivity index (χ1v) is 11.7. The molecule has 10 nitrogen and oxygen atoms in total. The van der Waals surface area contributed by atoms with Crippen LogP contribution in [0.5, 0.6) is 5.75 Å². The average molecular weight is 470 g/mol. The number of nitrogens with zero attached hydrogens (tertiary/aromatic N) is 3. The number of benzene rings is 2. The molecule has 1 fully saturated rings. The second-order valence-electron chi connectivity index (χ2n) is 7.13. The molecule has 33 heavy (non-hydrogen) atoms. The third-order valence-electron chi connectivity index (χ3n) is 5.03. The van der Waals surface area contributed by atoms with Crippen LogP contribution in [0, 0.1) is 0 Å². The third kappa shape index (κ3) is 5.21. The van der Waals surface area contributed by atoms with Gasteiger partial charge in [0.15, 0.2) is 0 Å². The highest BCUT2D eigenvalue weighted by Crippen LogP contribution is 2.32. The van der Waals surface area contributed by atoms with Gasteiger partial charge in [0.1, 0.15) is 11.4 Å². The number of amides is 1. The zero-order chi connectivity index (χ0) is 23.3. The number of carbonyl (C=O) groups excluding carboxylic acids is 1. The summed E-state index contributed by atoms with van der Waals surface area (Å²) in [5.41, 5.74) is 1.45. The molecule has 11 heteroatoms. The number of ether oxygens (including phenoxy) is 2. The quantitative estimate of drug-likeness (QED) is 0.541. The summed E-state index contributed by atoms with van der Waals surface area (Å²) in [6, 6.07) is 11.3. The van der Waals surface area contributed by atoms with Crippen LogP contribution in [-0.4, -0.2) is 57.7 Å². The summed E-state index contributed by atoms with van der Waals surface area (Å²) in [5.74, 6) is -0.105. The topological polar surface area (TPSA) is 123 Å². The standard InChI is InChI=1S/C22H23N5O5S/c1-31-21-5-3-2-4-17(21)26-33(29,30)16-6-7-20(27-10-12-32-13-11-27)18(14-16)25-22(28)19-15-23-8-9-24-19/h2-9,14-15,26H,10-13H2,1H3,(H,25,28). The number of carbonyl (C=O) groups is 1. The van der Waals surface area contributed by atoms with E-state index in [4.69, 9.17) is 9.47 Å². The molecule has 0 unspecified atom stereocenters. The molecular formula is C22H23N5O5S. The summed E-state index contributed by atoms with van der Waals surface area (Å²) in [6.07, 6.45) is 4.22. The molecule has 0 spiro atoms. The highest BCUT2D eigenvalue weighted by Gasteiger charge is 2.22. The van der Waals surface area contributed by atoms with Crippen LogP contribution in [0.25, 0.3) is 0 Å². The minimum atomic E-state index is -3.97. The molecule has 0 aliphatic carbocycles. The molecular weight excluding hydrogens is 446 g/mol. The van der Waals surface area contributed by atoms with Crippen molar-refractivity contribution in [2.75, 3.05) is 48.4 Å². The van der Waals surface area contributed by atoms with E-state index in [-0.39, 0.29) is 10.6 Å². The molecule has 1 aliphatic rings. The number of methoxy groups -OCH3 is 1. The zero-order valence-corrected chi connectivity index (χ0v) is 18.7. The highest BCUT2D eigenvalue weighted by molar-refractivity contribution is 7.92. The summed E-state index contributed by atoms with van der Waals surface area (Å²) in [5, 5.41) is 2.78. The number of para-hydroxylation sites is 2. The Morgan fingerprint density at radius 3 is 2.61 bits per heavy atom. The van der Waals surface area contributed by atoms with Gasteiger partial charge in [-0.3, -0.25) is 14.5 Å². The molecule has 3 aromatic rings. The number of hydrogen-bond acceptors (Lipinski definition) is 8. The summed E-state index contributed by atoms with van der Waals surface area (Å²) in [7, 11) is -2.51. The predicted octanol–water partition coefficient (Wildman–Crippen LogP) is 2.37. The summed E-state index contributed by atoms with van der Waals surface area (Å²) >= 11 is 0. The van der Waals surface area contributed by atoms with Crippen molar-refractivity contribution in [2.45, 2.75) is 4.90 Å². The first-order valence-electron chi connectivity index (χ1n) is 10.2. The summed E-state index contributed by atoms with van der Waals surface area (Å²) in [6.45, 7) is 2.29. The van der Waals surface area contributed by atoms with Crippen molar-refractivity contribution < 1.29 is 22.7 Å². The molecule has 0 bridgehead atoms. The maximum atomic E-state index is 13.1. The molecule has 2 aromatic carbocycles. The number of sulfonamides is 1. The lowest BCUT2D eigenvalue weighted by atomic mass is 10.2. The second-order valence-corrected chi connectivity index (χ2v) is 8.81. The molecule has 172 valence electrons. The van der Waals surface area contributed by atoms with Gasteiger partial charge in [-0.05, 0) is 30.3 Å². The molecule has 1 saturated heterocycles. The van der Waals surface area contributed by atoms with Crippen molar-refractivity contribution in [1.29, 1.82) is 0 Å². The van der Waals surface area contributed by atoms with Gasteiger partial charge in [0.25, 0.3) is 15.9 Å². The Bertz CT molecular complexity index is 1230. The van der Waals surface area contributed by atoms with E-state index < -0.39 is 15.9 Å². The maximum absolute atomic E-state index is 13.1. The number of aromatic nitrogens is 2. The number of hydrogen-bond donors (Lipinski definition) is 2. The van der Waals surface area contributed by atoms with E-state index in [0.717, 1.165) is 0 Å². The molecule has 1 amide bonds. The third-order valence-corrected chi connectivity index (χ3v) is 6.39. The van der Waals surface area contributed by atoms with E-state index in [9.17, 15) is 13.2 Å². The monoisotopic (exact) mass is 469 g/mol. The number of morpholine rings is 1. The Morgan fingerprint density at radius 2 is 1.88 bits per heavy atom. The first kappa shape index (κ1) is 22.5. The Hall–Kier alpha value is -3.70. The normalized spacial score (nSPS) is 13.9. The van der Waals surface area contributed by atoms with E-state index in [1.807, 2.05) is 4.90 Å². The molecule has 0 atom stereocenters. The maximum Gasteiger partial charge on any atom is 0.275 e. The van der Waals surface area contributed by atoms with E-state index in [2.05, 4.69) is 20.0 Å². The van der Waals surface area contributed by atoms with Crippen LogP contribution >= 0.6 is 0 Å². The average Bonchev–Trinajstić information content (AvgIpc) is 2.85. The molecule has 0 saturated carbocycles. The minimum absolute atomic E-state index is 0.0140. The summed E-state index contributed by atoms with van der Waals surface area (Å²) in [4.78, 5) is 22.7. The lowest BCUT2D eigenvalue weighted by Gasteiger charge is -2.30. The van der Waals surface area contributed by atoms with Crippen molar-refractivity contribution in [3.8, 4) is 5.75 Å². The molecule has 1 aromatic heterocycles. The SMILES string of the molecule is COc1ccccc1NS(=O)(=O)c1ccc(N2CCOCC2)c(NC(=O)c2cnccn2)c1. The summed E-state index contributed by atoms with van der Waals surface area (Å²) < 4.78 is 39.5. The van der Waals surface area contributed by atoms with Gasteiger partial charge in [-0.25, -0.2) is 13.4 Å². The van der Waals surface area contributed by atoms with Crippen LogP contribution in [0.1, 0.15) is 10.5 Å². The predicted molar refractivity (Wildman–Crippen MR) is 123 cm³/mol. The van der Waals surface area contributed by atoms with Crippen LogP contribution < -0.4 is 19.7 Å². The van der Waals surface area contributed by atoms with Gasteiger partial charge < -0.3 is 19.7 Å². The van der Waals surface area contributed by atoms with Crippen molar-refractivity contribution >= 4 is 33.0 Å². The van der Waals surface area contributed by atoms with Gasteiger partial charge in [0, 0.05) is 25.5 Å². The Kier molecular flexibility index (Phi) is 6.71. The Balaban J connectivity index is 1.69. The number of rotatable bonds is 7. The lowest BCUT2D eigenvalue weighted by molar-refractivity contribution is 0.102. The largest absolute Gasteiger partial charge is 0.495 e. The van der Waals surface area contributed by atoms with Crippen LogP contribution in [0.2, 0.25) is 0 Å². The molecule has 2 heterocycles. The molecule has 4 rings (SSSR count). The van der Waals surface area contributed by atoms with E-state index in [1.165, 1.54) is 37.8 Å². The number of anilines is 3. The van der Waals surface area contributed by atoms with Gasteiger partial charge >= 0.3 is 0 Å². The Morgan fingerprint density at radius 1 is 1.09 bits per heavy atom. The zero-order valence-electron chi connectivity index (χ0n) is 17.9. The van der Waals surface area contributed by atoms with Gasteiger partial charge in [0.05, 0.1) is 48.5 Å². The van der Waals surface area contributed by atoms with E-state index in [0.29, 0.717) is 49.1 Å². The fourth-order valence-electron chi connectivity index (χ4n) is 3.40. The highest BCUT2D eigenvalue weighted by atomic mass is 32.2. The smallest absolute Gasteiger partial charge is 0.275 e. The first-order chi connectivity index (χ1) is 16.0. The van der Waals surface area contributed by atoms with Crippen LogP contribution in [0.4, 0.5) is 17.1 Å². The fourth-order valence-corrected chi connectivity index (χ4v) is 4.49. The second kappa shape index (κ2) is 9.84.